The number of likely N-dealkylation sites (tertiary alicyclic amines) is 1. The van der Waals surface area contributed by atoms with Crippen molar-refractivity contribution in [2.75, 3.05) is 30.7 Å². The van der Waals surface area contributed by atoms with Gasteiger partial charge in [0.05, 0.1) is 0 Å². The molecule has 3 N–H and O–H groups in total. The van der Waals surface area contributed by atoms with Crippen LogP contribution >= 0.6 is 0 Å². The third kappa shape index (κ3) is 4.30. The number of nitrogens with one attached hydrogen (secondary N) is 1. The van der Waals surface area contributed by atoms with Crippen LogP contribution in [0, 0.1) is 5.92 Å². The number of nitrogens with zero attached hydrogens (tertiary/aromatic N) is 3. The van der Waals surface area contributed by atoms with Gasteiger partial charge in [0.15, 0.2) is 0 Å². The summed E-state index contributed by atoms with van der Waals surface area (Å²) < 4.78 is 0. The van der Waals surface area contributed by atoms with E-state index in [0.29, 0.717) is 17.8 Å². The molecule has 1 aromatic heterocycles. The molecule has 0 saturated carbocycles. The number of hydrogen-bond acceptors (Lipinski definition) is 5. The smallest absolute Gasteiger partial charge is 0.138 e. The fourth-order valence-electron chi connectivity index (χ4n) is 2.64. The largest absolute Gasteiger partial charge is 0.384 e. The lowest BCUT2D eigenvalue weighted by molar-refractivity contribution is 0.266. The highest BCUT2D eigenvalue weighted by Gasteiger charge is 2.24. The van der Waals surface area contributed by atoms with Gasteiger partial charge in [-0.3, -0.25) is 0 Å². The van der Waals surface area contributed by atoms with E-state index in [2.05, 4.69) is 54.8 Å². The number of rotatable bonds is 4. The summed E-state index contributed by atoms with van der Waals surface area (Å²) in [6, 6.07) is 2.46. The first kappa shape index (κ1) is 16.0. The molecule has 21 heavy (non-hydrogen) atoms. The van der Waals surface area contributed by atoms with E-state index in [-0.39, 0.29) is 5.41 Å². The fraction of sp³-hybridized carbons (Fsp3) is 0.750. The first-order chi connectivity index (χ1) is 9.75. The molecule has 2 heterocycles. The van der Waals surface area contributed by atoms with Gasteiger partial charge in [0.1, 0.15) is 17.5 Å². The molecule has 2 rings (SSSR count). The van der Waals surface area contributed by atoms with Gasteiger partial charge in [-0.1, -0.05) is 20.8 Å². The molecule has 1 aliphatic heterocycles. The van der Waals surface area contributed by atoms with Crippen LogP contribution in [0.1, 0.15) is 46.9 Å². The highest BCUT2D eigenvalue weighted by atomic mass is 15.2. The van der Waals surface area contributed by atoms with Crippen LogP contribution in [0.5, 0.6) is 0 Å². The summed E-state index contributed by atoms with van der Waals surface area (Å²) in [5.41, 5.74) is 5.81. The van der Waals surface area contributed by atoms with Crippen molar-refractivity contribution in [1.82, 2.24) is 14.9 Å². The number of anilines is 2. The van der Waals surface area contributed by atoms with Crippen molar-refractivity contribution in [2.45, 2.75) is 52.5 Å². The van der Waals surface area contributed by atoms with Crippen LogP contribution in [-0.4, -0.2) is 40.5 Å². The number of hydrogen-bond donors (Lipinski definition) is 2. The van der Waals surface area contributed by atoms with Gasteiger partial charge in [0.25, 0.3) is 0 Å². The van der Waals surface area contributed by atoms with Gasteiger partial charge in [-0.2, -0.15) is 0 Å². The second kappa shape index (κ2) is 6.18. The van der Waals surface area contributed by atoms with E-state index in [0.717, 1.165) is 24.7 Å². The molecule has 1 aliphatic rings. The minimum absolute atomic E-state index is 0.0897. The molecule has 0 aliphatic carbocycles. The lowest BCUT2D eigenvalue weighted by atomic mass is 9.96. The molecule has 1 aromatic rings. The Hall–Kier alpha value is -1.36. The Kier molecular flexibility index (Phi) is 4.71. The summed E-state index contributed by atoms with van der Waals surface area (Å²) in [5, 5.41) is 3.44. The summed E-state index contributed by atoms with van der Waals surface area (Å²) >= 11 is 0. The van der Waals surface area contributed by atoms with E-state index in [1.165, 1.54) is 13.0 Å². The van der Waals surface area contributed by atoms with Crippen LogP contribution in [0.3, 0.4) is 0 Å². The van der Waals surface area contributed by atoms with Crippen molar-refractivity contribution in [1.29, 1.82) is 0 Å². The van der Waals surface area contributed by atoms with Gasteiger partial charge < -0.3 is 16.0 Å². The molecule has 0 spiro atoms. The molecule has 1 fully saturated rings. The average molecular weight is 291 g/mol. The molecular weight excluding hydrogens is 262 g/mol. The predicted octanol–water partition coefficient (Wildman–Crippen LogP) is 2.50. The van der Waals surface area contributed by atoms with Crippen LogP contribution in [-0.2, 0) is 5.41 Å². The minimum Gasteiger partial charge on any atom is -0.384 e. The Morgan fingerprint density at radius 3 is 2.67 bits per heavy atom. The summed E-state index contributed by atoms with van der Waals surface area (Å²) in [7, 11) is 0. The van der Waals surface area contributed by atoms with Crippen LogP contribution in [0.15, 0.2) is 6.07 Å². The Morgan fingerprint density at radius 1 is 1.38 bits per heavy atom. The minimum atomic E-state index is -0.0897. The summed E-state index contributed by atoms with van der Waals surface area (Å²) in [4.78, 5) is 11.5. The summed E-state index contributed by atoms with van der Waals surface area (Å²) in [5.74, 6) is 2.85. The van der Waals surface area contributed by atoms with Crippen molar-refractivity contribution in [3.8, 4) is 0 Å². The molecule has 5 heteroatoms. The molecule has 1 saturated heterocycles. The van der Waals surface area contributed by atoms with Gasteiger partial charge in [-0.25, -0.2) is 9.97 Å². The van der Waals surface area contributed by atoms with E-state index < -0.39 is 0 Å². The number of nitrogen functional groups attached to an aromatic ring is 1. The SMILES string of the molecule is CC(C)N1CCC(CNc2cc(N)nc(C(C)(C)C)n2)C1. The van der Waals surface area contributed by atoms with Crippen molar-refractivity contribution in [3.63, 3.8) is 0 Å². The van der Waals surface area contributed by atoms with E-state index in [4.69, 9.17) is 5.73 Å². The zero-order valence-electron chi connectivity index (χ0n) is 14.0. The quantitative estimate of drug-likeness (QED) is 0.892. The van der Waals surface area contributed by atoms with Crippen LogP contribution in [0.4, 0.5) is 11.6 Å². The highest BCUT2D eigenvalue weighted by Crippen LogP contribution is 2.22. The fourth-order valence-corrected chi connectivity index (χ4v) is 2.64. The van der Waals surface area contributed by atoms with Gasteiger partial charge >= 0.3 is 0 Å². The topological polar surface area (TPSA) is 67.1 Å². The lowest BCUT2D eigenvalue weighted by Gasteiger charge is -2.21. The van der Waals surface area contributed by atoms with Gasteiger partial charge in [0.2, 0.25) is 0 Å². The maximum absolute atomic E-state index is 5.90. The van der Waals surface area contributed by atoms with Crippen molar-refractivity contribution in [3.05, 3.63) is 11.9 Å². The molecule has 118 valence electrons. The predicted molar refractivity (Wildman–Crippen MR) is 88.5 cm³/mol. The van der Waals surface area contributed by atoms with Crippen molar-refractivity contribution in [2.24, 2.45) is 5.92 Å². The Labute approximate surface area is 128 Å². The normalized spacial score (nSPS) is 20.2. The Morgan fingerprint density at radius 2 is 2.10 bits per heavy atom. The van der Waals surface area contributed by atoms with Gasteiger partial charge in [0, 0.05) is 30.6 Å². The molecule has 0 aromatic carbocycles. The molecule has 0 bridgehead atoms. The molecule has 1 atom stereocenters. The molecule has 0 radical (unpaired) electrons. The van der Waals surface area contributed by atoms with E-state index in [1.54, 1.807) is 0 Å². The molecule has 5 nitrogen and oxygen atoms in total. The zero-order valence-corrected chi connectivity index (χ0v) is 14.0. The highest BCUT2D eigenvalue weighted by molar-refractivity contribution is 5.45. The zero-order chi connectivity index (χ0) is 15.6. The standard InChI is InChI=1S/C16H29N5/c1-11(2)21-7-6-12(10-21)9-18-14-8-13(17)19-15(20-14)16(3,4)5/h8,11-12H,6-7,9-10H2,1-5H3,(H3,17,18,19,20). The molecular formula is C16H29N5. The maximum atomic E-state index is 5.90. The van der Waals surface area contributed by atoms with Crippen LogP contribution < -0.4 is 11.1 Å². The molecule has 0 amide bonds. The summed E-state index contributed by atoms with van der Waals surface area (Å²) in [6.07, 6.45) is 1.25. The van der Waals surface area contributed by atoms with Crippen LogP contribution in [0.2, 0.25) is 0 Å². The second-order valence-electron chi connectivity index (χ2n) is 7.38. The van der Waals surface area contributed by atoms with Crippen molar-refractivity contribution < 1.29 is 0 Å². The third-order valence-corrected chi connectivity index (χ3v) is 4.04. The van der Waals surface area contributed by atoms with Crippen LogP contribution in [0.25, 0.3) is 0 Å². The van der Waals surface area contributed by atoms with E-state index >= 15 is 0 Å². The average Bonchev–Trinajstić information content (AvgIpc) is 2.83. The Balaban J connectivity index is 1.96. The third-order valence-electron chi connectivity index (χ3n) is 4.04. The van der Waals surface area contributed by atoms with Gasteiger partial charge in [-0.15, -0.1) is 0 Å². The van der Waals surface area contributed by atoms with Gasteiger partial charge in [-0.05, 0) is 32.7 Å². The van der Waals surface area contributed by atoms with E-state index in [9.17, 15) is 0 Å². The number of nitrogens with two attached hydrogens (primary N) is 1. The summed E-state index contributed by atoms with van der Waals surface area (Å²) in [6.45, 7) is 14.1. The lowest BCUT2D eigenvalue weighted by Crippen LogP contribution is -2.29. The monoisotopic (exact) mass is 291 g/mol. The van der Waals surface area contributed by atoms with E-state index in [1.807, 2.05) is 6.07 Å². The molecule has 1 unspecified atom stereocenters. The number of aromatic nitrogens is 2. The second-order valence-corrected chi connectivity index (χ2v) is 7.38. The first-order valence-corrected chi connectivity index (χ1v) is 7.88. The maximum Gasteiger partial charge on any atom is 0.138 e. The first-order valence-electron chi connectivity index (χ1n) is 7.88. The van der Waals surface area contributed by atoms with Crippen molar-refractivity contribution >= 4 is 11.6 Å². The Bertz CT molecular complexity index is 478.